The van der Waals surface area contributed by atoms with E-state index in [0.717, 1.165) is 59.5 Å². The molecule has 0 amide bonds. The van der Waals surface area contributed by atoms with Crippen LogP contribution in [0, 0.1) is 0 Å². The maximum Gasteiger partial charge on any atom is 0.231 e. The monoisotopic (exact) mass is 393 g/mol. The summed E-state index contributed by atoms with van der Waals surface area (Å²) >= 11 is 0. The zero-order chi connectivity index (χ0) is 19.6. The molecule has 7 heteroatoms. The highest BCUT2D eigenvalue weighted by Gasteiger charge is 2.22. The molecule has 3 aromatic rings. The Hall–Kier alpha value is -3.03. The molecular weight excluding hydrogens is 370 g/mol. The minimum absolute atomic E-state index is 0.0937. The second kappa shape index (κ2) is 7.77. The van der Waals surface area contributed by atoms with Gasteiger partial charge in [-0.2, -0.15) is 0 Å². The van der Waals surface area contributed by atoms with Gasteiger partial charge < -0.3 is 28.8 Å². The summed E-state index contributed by atoms with van der Waals surface area (Å²) in [5.74, 6) is 3.39. The van der Waals surface area contributed by atoms with Gasteiger partial charge in [0, 0.05) is 24.8 Å². The number of benzene rings is 2. The lowest BCUT2D eigenvalue weighted by atomic mass is 10.1. The lowest BCUT2D eigenvalue weighted by molar-refractivity contribution is 0.00278. The van der Waals surface area contributed by atoms with Crippen LogP contribution in [0.1, 0.15) is 11.4 Å². The van der Waals surface area contributed by atoms with Crippen molar-refractivity contribution >= 4 is 0 Å². The van der Waals surface area contributed by atoms with Crippen LogP contribution in [-0.4, -0.2) is 36.1 Å². The first-order valence-electron chi connectivity index (χ1n) is 9.70. The number of rotatable bonds is 6. The molecule has 0 spiro atoms. The molecule has 0 radical (unpaired) electrons. The highest BCUT2D eigenvalue weighted by atomic mass is 16.7. The largest absolute Gasteiger partial charge is 0.496 e. The predicted octanol–water partition coefficient (Wildman–Crippen LogP) is 2.98. The maximum atomic E-state index is 6.00. The van der Waals surface area contributed by atoms with E-state index in [-0.39, 0.29) is 6.10 Å². The van der Waals surface area contributed by atoms with Crippen molar-refractivity contribution in [1.29, 1.82) is 0 Å². The predicted molar refractivity (Wildman–Crippen MR) is 107 cm³/mol. The number of ether oxygens (including phenoxy) is 4. The normalized spacial score (nSPS) is 17.2. The van der Waals surface area contributed by atoms with Crippen molar-refractivity contribution in [3.63, 3.8) is 0 Å². The summed E-state index contributed by atoms with van der Waals surface area (Å²) in [4.78, 5) is 4.74. The van der Waals surface area contributed by atoms with Crippen molar-refractivity contribution in [2.45, 2.75) is 25.8 Å². The van der Waals surface area contributed by atoms with Crippen LogP contribution in [0.5, 0.6) is 17.2 Å². The third-order valence-electron chi connectivity index (χ3n) is 5.23. The minimum Gasteiger partial charge on any atom is -0.496 e. The number of nitrogens with zero attached hydrogens (tertiary/aromatic N) is 2. The van der Waals surface area contributed by atoms with Crippen molar-refractivity contribution in [3.05, 3.63) is 60.0 Å². The van der Waals surface area contributed by atoms with Crippen molar-refractivity contribution in [1.82, 2.24) is 14.9 Å². The number of nitrogens with one attached hydrogen (secondary N) is 1. The van der Waals surface area contributed by atoms with Crippen molar-refractivity contribution in [3.8, 4) is 28.5 Å². The number of imidazole rings is 1. The van der Waals surface area contributed by atoms with Gasteiger partial charge in [0.2, 0.25) is 6.79 Å². The van der Waals surface area contributed by atoms with Crippen molar-refractivity contribution < 1.29 is 18.9 Å². The molecule has 150 valence electrons. The third kappa shape index (κ3) is 3.66. The Morgan fingerprint density at radius 3 is 3.00 bits per heavy atom. The van der Waals surface area contributed by atoms with Crippen molar-refractivity contribution in [2.24, 2.45) is 0 Å². The zero-order valence-corrected chi connectivity index (χ0v) is 16.3. The van der Waals surface area contributed by atoms with E-state index in [1.807, 2.05) is 36.4 Å². The molecule has 0 fully saturated rings. The van der Waals surface area contributed by atoms with Crippen molar-refractivity contribution in [2.75, 3.05) is 20.4 Å². The number of aromatic nitrogens is 2. The van der Waals surface area contributed by atoms with E-state index < -0.39 is 0 Å². The molecule has 0 aliphatic carbocycles. The molecule has 2 aliphatic rings. The van der Waals surface area contributed by atoms with E-state index in [4.69, 9.17) is 23.9 Å². The van der Waals surface area contributed by atoms with Crippen LogP contribution in [-0.2, 0) is 24.4 Å². The molecule has 2 aromatic carbocycles. The molecule has 0 bridgehead atoms. The van der Waals surface area contributed by atoms with E-state index in [1.165, 1.54) is 0 Å². The molecule has 3 heterocycles. The number of fused-ring (bicyclic) bond motifs is 2. The number of para-hydroxylation sites is 1. The van der Waals surface area contributed by atoms with Crippen LogP contribution in [0.4, 0.5) is 0 Å². The first-order chi connectivity index (χ1) is 14.3. The number of methoxy groups -OCH3 is 1. The van der Waals surface area contributed by atoms with E-state index >= 15 is 0 Å². The molecule has 0 saturated carbocycles. The van der Waals surface area contributed by atoms with Gasteiger partial charge in [0.25, 0.3) is 0 Å². The summed E-state index contributed by atoms with van der Waals surface area (Å²) in [6, 6.07) is 14.0. The second-order valence-corrected chi connectivity index (χ2v) is 7.15. The minimum atomic E-state index is 0.0937. The number of hydrogen-bond acceptors (Lipinski definition) is 6. The molecule has 7 nitrogen and oxygen atoms in total. The lowest BCUT2D eigenvalue weighted by Gasteiger charge is -2.24. The molecule has 2 aliphatic heterocycles. The van der Waals surface area contributed by atoms with Gasteiger partial charge >= 0.3 is 0 Å². The van der Waals surface area contributed by atoms with Gasteiger partial charge in [-0.1, -0.05) is 18.2 Å². The Kier molecular flexibility index (Phi) is 4.83. The summed E-state index contributed by atoms with van der Waals surface area (Å²) in [5.41, 5.74) is 3.07. The fraction of sp³-hybridized carbons (Fsp3) is 0.318. The topological polar surface area (TPSA) is 66.8 Å². The van der Waals surface area contributed by atoms with E-state index in [0.29, 0.717) is 13.4 Å². The SMILES string of the molecule is COc1ccccc1-c1cn2c(n1)CO[C@@H](CNCc1ccc3c(c1)OCO3)C2. The van der Waals surface area contributed by atoms with E-state index in [1.54, 1.807) is 7.11 Å². The first-order valence-corrected chi connectivity index (χ1v) is 9.70. The van der Waals surface area contributed by atoms with Crippen LogP contribution in [0.3, 0.4) is 0 Å². The highest BCUT2D eigenvalue weighted by Crippen LogP contribution is 2.32. The third-order valence-corrected chi connectivity index (χ3v) is 5.23. The molecule has 1 aromatic heterocycles. The summed E-state index contributed by atoms with van der Waals surface area (Å²) in [6.45, 7) is 3.08. The van der Waals surface area contributed by atoms with Gasteiger partial charge in [-0.3, -0.25) is 0 Å². The van der Waals surface area contributed by atoms with Gasteiger partial charge in [0.1, 0.15) is 18.2 Å². The molecule has 5 rings (SSSR count). The Balaban J connectivity index is 1.21. The summed E-state index contributed by atoms with van der Waals surface area (Å²) < 4.78 is 24.4. The first kappa shape index (κ1) is 18.0. The molecule has 1 atom stereocenters. The van der Waals surface area contributed by atoms with Crippen LogP contribution < -0.4 is 19.5 Å². The van der Waals surface area contributed by atoms with Gasteiger partial charge in [0.15, 0.2) is 11.5 Å². The Bertz CT molecular complexity index is 1020. The molecule has 1 N–H and O–H groups in total. The Morgan fingerprint density at radius 2 is 2.07 bits per heavy atom. The zero-order valence-electron chi connectivity index (χ0n) is 16.3. The van der Waals surface area contributed by atoms with Gasteiger partial charge in [-0.05, 0) is 29.8 Å². The molecule has 29 heavy (non-hydrogen) atoms. The summed E-state index contributed by atoms with van der Waals surface area (Å²) in [6.07, 6.45) is 2.18. The van der Waals surface area contributed by atoms with E-state index in [2.05, 4.69) is 22.1 Å². The van der Waals surface area contributed by atoms with Crippen LogP contribution in [0.25, 0.3) is 11.3 Å². The Labute approximate surface area is 169 Å². The fourth-order valence-corrected chi connectivity index (χ4v) is 3.73. The molecular formula is C22H23N3O4. The Morgan fingerprint density at radius 1 is 1.17 bits per heavy atom. The highest BCUT2D eigenvalue weighted by molar-refractivity contribution is 5.66. The molecule has 0 saturated heterocycles. The van der Waals surface area contributed by atoms with Gasteiger partial charge in [0.05, 0.1) is 25.5 Å². The van der Waals surface area contributed by atoms with Gasteiger partial charge in [-0.15, -0.1) is 0 Å². The fourth-order valence-electron chi connectivity index (χ4n) is 3.73. The smallest absolute Gasteiger partial charge is 0.231 e. The summed E-state index contributed by atoms with van der Waals surface area (Å²) in [7, 11) is 1.68. The summed E-state index contributed by atoms with van der Waals surface area (Å²) in [5, 5.41) is 3.48. The number of hydrogen-bond donors (Lipinski definition) is 1. The van der Waals surface area contributed by atoms with Crippen LogP contribution >= 0.6 is 0 Å². The lowest BCUT2D eigenvalue weighted by Crippen LogP contribution is -2.35. The average Bonchev–Trinajstić information content (AvgIpc) is 3.39. The quantitative estimate of drug-likeness (QED) is 0.695. The van der Waals surface area contributed by atoms with Gasteiger partial charge in [-0.25, -0.2) is 4.98 Å². The maximum absolute atomic E-state index is 6.00. The van der Waals surface area contributed by atoms with E-state index in [9.17, 15) is 0 Å². The van der Waals surface area contributed by atoms with Crippen LogP contribution in [0.2, 0.25) is 0 Å². The second-order valence-electron chi connectivity index (χ2n) is 7.15. The molecule has 0 unspecified atom stereocenters. The average molecular weight is 393 g/mol. The standard InChI is InChI=1S/C22H23N3O4/c1-26-19-5-3-2-4-17(19)18-12-25-11-16(27-13-22(25)24-18)10-23-9-15-6-7-20-21(8-15)29-14-28-20/h2-8,12,16,23H,9-11,13-14H2,1H3/t16-/m0/s1. The van der Waals surface area contributed by atoms with Crippen LogP contribution in [0.15, 0.2) is 48.7 Å².